The van der Waals surface area contributed by atoms with E-state index in [0.717, 1.165) is 11.7 Å². The van der Waals surface area contributed by atoms with Gasteiger partial charge in [0.05, 0.1) is 37.8 Å². The number of carboxylic acids is 1. The number of furan rings is 1. The van der Waals surface area contributed by atoms with Gasteiger partial charge in [0.15, 0.2) is 17.3 Å². The van der Waals surface area contributed by atoms with E-state index in [-0.39, 0.29) is 23.1 Å². The third-order valence-corrected chi connectivity index (χ3v) is 5.47. The third-order valence-electron chi connectivity index (χ3n) is 4.91. The average molecular weight is 450 g/mol. The maximum absolute atomic E-state index is 13.6. The molecule has 0 amide bonds. The smallest absolute Gasteiger partial charge is 0.336 e. The van der Waals surface area contributed by atoms with Crippen LogP contribution in [0.4, 0.5) is 0 Å². The summed E-state index contributed by atoms with van der Waals surface area (Å²) in [7, 11) is 2.96. The Morgan fingerprint density at radius 2 is 1.72 bits per heavy atom. The van der Waals surface area contributed by atoms with Crippen molar-refractivity contribution in [2.45, 2.75) is 6.42 Å². The van der Waals surface area contributed by atoms with E-state index in [9.17, 15) is 14.7 Å². The van der Waals surface area contributed by atoms with E-state index in [2.05, 4.69) is 8.75 Å². The first kappa shape index (κ1) is 21.3. The van der Waals surface area contributed by atoms with Crippen LogP contribution in [0, 0.1) is 0 Å². The molecule has 0 aliphatic heterocycles. The quantitative estimate of drug-likeness (QED) is 0.313. The maximum atomic E-state index is 13.6. The number of methoxy groups -OCH3 is 2. The van der Waals surface area contributed by atoms with Crippen LogP contribution in [-0.2, 0) is 11.2 Å². The molecule has 2 aromatic heterocycles. The van der Waals surface area contributed by atoms with Crippen molar-refractivity contribution in [2.24, 2.45) is 0 Å². The van der Waals surface area contributed by atoms with Crippen molar-refractivity contribution >= 4 is 40.1 Å². The molecule has 4 aromatic rings. The molecule has 9 heteroatoms. The summed E-state index contributed by atoms with van der Waals surface area (Å²) in [6, 6.07) is 13.0. The predicted octanol–water partition coefficient (Wildman–Crippen LogP) is 4.27. The summed E-state index contributed by atoms with van der Waals surface area (Å²) in [6.07, 6.45) is 1.47. The number of allylic oxidation sites excluding steroid dienone is 1. The van der Waals surface area contributed by atoms with E-state index in [1.807, 2.05) is 0 Å². The molecule has 2 aromatic carbocycles. The number of Topliss-reactive ketones (excluding diaryl/α,β-unsaturated/α-hetero) is 1. The zero-order valence-corrected chi connectivity index (χ0v) is 18.0. The summed E-state index contributed by atoms with van der Waals surface area (Å²) in [5, 5.41) is 10.1. The first-order chi connectivity index (χ1) is 15.5. The normalized spacial score (nSPS) is 11.8. The van der Waals surface area contributed by atoms with Gasteiger partial charge in [0.2, 0.25) is 0 Å². The molecule has 0 saturated heterocycles. The number of hydrogen-bond donors (Lipinski definition) is 1. The molecule has 0 aliphatic carbocycles. The zero-order chi connectivity index (χ0) is 22.7. The Bertz CT molecular complexity index is 1320. The molecular weight excluding hydrogens is 432 g/mol. The second-order valence-electron chi connectivity index (χ2n) is 6.78. The molecule has 8 nitrogen and oxygen atoms in total. The Kier molecular flexibility index (Phi) is 6.00. The summed E-state index contributed by atoms with van der Waals surface area (Å²) >= 11 is 1.03. The monoisotopic (exact) mass is 450 g/mol. The van der Waals surface area contributed by atoms with Crippen LogP contribution < -0.4 is 9.47 Å². The lowest BCUT2D eigenvalue weighted by atomic mass is 9.90. The number of aromatic nitrogens is 2. The number of benzene rings is 2. The highest BCUT2D eigenvalue weighted by Crippen LogP contribution is 2.32. The van der Waals surface area contributed by atoms with Crippen molar-refractivity contribution in [1.82, 2.24) is 8.75 Å². The molecule has 162 valence electrons. The van der Waals surface area contributed by atoms with Crippen molar-refractivity contribution in [3.63, 3.8) is 0 Å². The molecule has 0 bridgehead atoms. The minimum Gasteiger partial charge on any atom is -0.493 e. The second-order valence-corrected chi connectivity index (χ2v) is 7.31. The van der Waals surface area contributed by atoms with Crippen LogP contribution in [-0.4, -0.2) is 39.8 Å². The average Bonchev–Trinajstić information content (AvgIpc) is 3.49. The van der Waals surface area contributed by atoms with Gasteiger partial charge < -0.3 is 19.0 Å². The highest BCUT2D eigenvalue weighted by atomic mass is 32.1. The minimum atomic E-state index is -1.23. The number of ketones is 1. The number of aliphatic carboxylic acids is 1. The van der Waals surface area contributed by atoms with E-state index >= 15 is 0 Å². The van der Waals surface area contributed by atoms with Crippen molar-refractivity contribution in [2.75, 3.05) is 14.2 Å². The molecule has 32 heavy (non-hydrogen) atoms. The van der Waals surface area contributed by atoms with Gasteiger partial charge in [-0.15, -0.1) is 0 Å². The highest BCUT2D eigenvalue weighted by molar-refractivity contribution is 7.00. The largest absolute Gasteiger partial charge is 0.493 e. The molecule has 1 N–H and O–H groups in total. The van der Waals surface area contributed by atoms with Crippen LogP contribution in [0.25, 0.3) is 16.6 Å². The summed E-state index contributed by atoms with van der Waals surface area (Å²) in [4.78, 5) is 26.0. The van der Waals surface area contributed by atoms with Gasteiger partial charge in [-0.3, -0.25) is 4.79 Å². The number of rotatable bonds is 8. The first-order valence-electron chi connectivity index (χ1n) is 9.50. The van der Waals surface area contributed by atoms with Crippen LogP contribution in [0.1, 0.15) is 21.7 Å². The molecule has 0 aliphatic rings. The van der Waals surface area contributed by atoms with E-state index in [1.165, 1.54) is 26.5 Å². The Hall–Kier alpha value is -3.98. The Balaban J connectivity index is 1.90. The predicted molar refractivity (Wildman–Crippen MR) is 118 cm³/mol. The second kappa shape index (κ2) is 9.03. The third kappa shape index (κ3) is 4.10. The van der Waals surface area contributed by atoms with Gasteiger partial charge in [-0.1, -0.05) is 6.07 Å². The van der Waals surface area contributed by atoms with Crippen LogP contribution in [0.3, 0.4) is 0 Å². The topological polar surface area (TPSA) is 112 Å². The van der Waals surface area contributed by atoms with Gasteiger partial charge in [-0.05, 0) is 48.0 Å². The molecule has 0 spiro atoms. The number of hydrogen-bond acceptors (Lipinski definition) is 8. The molecule has 4 rings (SSSR count). The van der Waals surface area contributed by atoms with Crippen LogP contribution >= 0.6 is 11.7 Å². The number of carbonyl (C=O) groups is 2. The summed E-state index contributed by atoms with van der Waals surface area (Å²) in [5.74, 6) is -0.411. The standard InChI is InChI=1S/C23H18N2O6S/c1-29-19-8-6-14(11-20(19)30-2)22(26)16(12-15-4-3-9-31-15)21(23(27)28)13-5-7-17-18(10-13)25-32-24-17/h3-11H,12H2,1-2H3,(H,27,28). The fraction of sp³-hybridized carbons (Fsp3) is 0.130. The van der Waals surface area contributed by atoms with Crippen molar-refractivity contribution in [3.8, 4) is 11.5 Å². The molecule has 0 saturated carbocycles. The fourth-order valence-electron chi connectivity index (χ4n) is 3.39. The minimum absolute atomic E-state index is 0.00480. The van der Waals surface area contributed by atoms with Gasteiger partial charge in [-0.25, -0.2) is 4.79 Å². The molecule has 0 fully saturated rings. The van der Waals surface area contributed by atoms with Crippen molar-refractivity contribution in [3.05, 3.63) is 77.3 Å². The highest BCUT2D eigenvalue weighted by Gasteiger charge is 2.25. The number of ether oxygens (including phenoxy) is 2. The Morgan fingerprint density at radius 3 is 2.41 bits per heavy atom. The van der Waals surface area contributed by atoms with Gasteiger partial charge in [0, 0.05) is 17.6 Å². The van der Waals surface area contributed by atoms with Crippen LogP contribution in [0.2, 0.25) is 0 Å². The first-order valence-corrected chi connectivity index (χ1v) is 10.2. The van der Waals surface area contributed by atoms with Crippen LogP contribution in [0.5, 0.6) is 11.5 Å². The summed E-state index contributed by atoms with van der Waals surface area (Å²) in [6.45, 7) is 0. The van der Waals surface area contributed by atoms with Gasteiger partial charge in [0.25, 0.3) is 0 Å². The fourth-order valence-corrected chi connectivity index (χ4v) is 3.90. The van der Waals surface area contributed by atoms with Gasteiger partial charge >= 0.3 is 5.97 Å². The lowest BCUT2D eigenvalue weighted by Crippen LogP contribution is -2.14. The summed E-state index contributed by atoms with van der Waals surface area (Å²) in [5.41, 5.74) is 1.77. The Labute approximate surface area is 187 Å². The number of nitrogens with zero attached hydrogens (tertiary/aromatic N) is 2. The summed E-state index contributed by atoms with van der Waals surface area (Å²) < 4.78 is 24.3. The van der Waals surface area contributed by atoms with Crippen molar-refractivity contribution < 1.29 is 28.6 Å². The van der Waals surface area contributed by atoms with Crippen molar-refractivity contribution in [1.29, 1.82) is 0 Å². The van der Waals surface area contributed by atoms with E-state index in [0.29, 0.717) is 33.9 Å². The van der Waals surface area contributed by atoms with E-state index < -0.39 is 11.8 Å². The van der Waals surface area contributed by atoms with Gasteiger partial charge in [0.1, 0.15) is 16.8 Å². The Morgan fingerprint density at radius 1 is 0.969 bits per heavy atom. The number of carbonyl (C=O) groups excluding carboxylic acids is 1. The number of fused-ring (bicyclic) bond motifs is 1. The van der Waals surface area contributed by atoms with E-state index in [4.69, 9.17) is 13.9 Å². The number of carboxylic acid groups (broad SMARTS) is 1. The maximum Gasteiger partial charge on any atom is 0.336 e. The lowest BCUT2D eigenvalue weighted by Gasteiger charge is -2.13. The molecule has 0 atom stereocenters. The molecule has 0 unspecified atom stereocenters. The zero-order valence-electron chi connectivity index (χ0n) is 17.2. The molecular formula is C23H18N2O6S. The van der Waals surface area contributed by atoms with E-state index in [1.54, 1.807) is 42.5 Å². The van der Waals surface area contributed by atoms with Gasteiger partial charge in [-0.2, -0.15) is 8.75 Å². The van der Waals surface area contributed by atoms with Crippen LogP contribution in [0.15, 0.2) is 64.8 Å². The molecule has 2 heterocycles. The lowest BCUT2D eigenvalue weighted by molar-refractivity contribution is -0.130. The SMILES string of the molecule is COc1ccc(C(=O)C(Cc2ccco2)=C(C(=O)O)c2ccc3nsnc3c2)cc1OC. The molecule has 0 radical (unpaired) electrons.